The molecular formula is C13H19FN4. The van der Waals surface area contributed by atoms with Crippen LogP contribution in [0.15, 0.2) is 12.4 Å². The summed E-state index contributed by atoms with van der Waals surface area (Å²) in [5, 5.41) is 3.50. The Kier molecular flexibility index (Phi) is 3.16. The first-order valence-corrected chi connectivity index (χ1v) is 6.71. The number of anilines is 1. The fourth-order valence-corrected chi connectivity index (χ4v) is 3.23. The van der Waals surface area contributed by atoms with Crippen LogP contribution in [0.4, 0.5) is 10.3 Å². The molecule has 0 radical (unpaired) electrons. The first kappa shape index (κ1) is 11.8. The summed E-state index contributed by atoms with van der Waals surface area (Å²) >= 11 is 0. The molecule has 0 aliphatic carbocycles. The van der Waals surface area contributed by atoms with Gasteiger partial charge < -0.3 is 10.2 Å². The lowest BCUT2D eigenvalue weighted by Crippen LogP contribution is -2.51. The van der Waals surface area contributed by atoms with Crippen molar-refractivity contribution in [1.82, 2.24) is 15.3 Å². The molecule has 5 heteroatoms. The summed E-state index contributed by atoms with van der Waals surface area (Å²) in [4.78, 5) is 10.4. The second-order valence-electron chi connectivity index (χ2n) is 5.51. The van der Waals surface area contributed by atoms with Crippen LogP contribution in [0.2, 0.25) is 0 Å². The zero-order valence-corrected chi connectivity index (χ0v) is 10.5. The van der Waals surface area contributed by atoms with E-state index >= 15 is 0 Å². The van der Waals surface area contributed by atoms with Crippen molar-refractivity contribution in [3.63, 3.8) is 0 Å². The molecule has 18 heavy (non-hydrogen) atoms. The Labute approximate surface area is 107 Å². The molecule has 1 spiro atoms. The average molecular weight is 250 g/mol. The maximum Gasteiger partial charge on any atom is 0.225 e. The van der Waals surface area contributed by atoms with E-state index < -0.39 is 0 Å². The van der Waals surface area contributed by atoms with Gasteiger partial charge in [-0.25, -0.2) is 14.4 Å². The monoisotopic (exact) mass is 250 g/mol. The Hall–Kier alpha value is -1.23. The fraction of sp³-hybridized carbons (Fsp3) is 0.692. The highest BCUT2D eigenvalue weighted by Gasteiger charge is 2.37. The third-order valence-electron chi connectivity index (χ3n) is 4.11. The highest BCUT2D eigenvalue weighted by atomic mass is 19.1. The van der Waals surface area contributed by atoms with Crippen LogP contribution in [-0.2, 0) is 0 Å². The molecule has 4 nitrogen and oxygen atoms in total. The van der Waals surface area contributed by atoms with E-state index in [1.54, 1.807) is 0 Å². The highest BCUT2D eigenvalue weighted by molar-refractivity contribution is 5.30. The molecule has 2 aliphatic rings. The minimum Gasteiger partial charge on any atom is -0.340 e. The van der Waals surface area contributed by atoms with Gasteiger partial charge in [-0.3, -0.25) is 0 Å². The molecule has 1 N–H and O–H groups in total. The summed E-state index contributed by atoms with van der Waals surface area (Å²) < 4.78 is 12.8. The molecule has 0 bridgehead atoms. The topological polar surface area (TPSA) is 41.1 Å². The molecule has 1 unspecified atom stereocenters. The van der Waals surface area contributed by atoms with Gasteiger partial charge in [0.15, 0.2) is 5.82 Å². The van der Waals surface area contributed by atoms with Crippen LogP contribution in [-0.4, -0.2) is 36.1 Å². The summed E-state index contributed by atoms with van der Waals surface area (Å²) in [5.74, 6) is 0.297. The van der Waals surface area contributed by atoms with E-state index in [1.165, 1.54) is 38.1 Å². The Morgan fingerprint density at radius 3 is 2.72 bits per heavy atom. The van der Waals surface area contributed by atoms with Crippen molar-refractivity contribution in [2.24, 2.45) is 5.41 Å². The zero-order valence-electron chi connectivity index (χ0n) is 10.5. The van der Waals surface area contributed by atoms with Crippen molar-refractivity contribution in [2.75, 3.05) is 31.1 Å². The molecule has 3 rings (SSSR count). The third kappa shape index (κ3) is 2.32. The van der Waals surface area contributed by atoms with Crippen molar-refractivity contribution in [3.05, 3.63) is 18.2 Å². The number of hydrogen-bond acceptors (Lipinski definition) is 4. The SMILES string of the molecule is Fc1cnc(N2CCCC3(CCCNC3)C2)nc1. The molecule has 1 atom stereocenters. The van der Waals surface area contributed by atoms with E-state index in [0.29, 0.717) is 11.4 Å². The summed E-state index contributed by atoms with van der Waals surface area (Å²) in [6.45, 7) is 4.19. The third-order valence-corrected chi connectivity index (χ3v) is 4.11. The van der Waals surface area contributed by atoms with Gasteiger partial charge in [-0.2, -0.15) is 0 Å². The zero-order chi connectivity index (χ0) is 12.4. The summed E-state index contributed by atoms with van der Waals surface area (Å²) in [5.41, 5.74) is 0.369. The highest BCUT2D eigenvalue weighted by Crippen LogP contribution is 2.36. The molecule has 0 saturated carbocycles. The number of halogens is 1. The Balaban J connectivity index is 1.75. The van der Waals surface area contributed by atoms with E-state index in [2.05, 4.69) is 20.2 Å². The Bertz CT molecular complexity index is 394. The van der Waals surface area contributed by atoms with Gasteiger partial charge in [0.1, 0.15) is 0 Å². The van der Waals surface area contributed by atoms with Gasteiger partial charge in [0, 0.05) is 25.0 Å². The number of nitrogens with zero attached hydrogens (tertiary/aromatic N) is 3. The van der Waals surface area contributed by atoms with Gasteiger partial charge in [0.2, 0.25) is 5.95 Å². The number of piperidine rings is 2. The standard InChI is InChI=1S/C13H19FN4/c14-11-7-16-12(17-8-11)18-6-2-4-13(10-18)3-1-5-15-9-13/h7-8,15H,1-6,9-10H2. The largest absolute Gasteiger partial charge is 0.340 e. The van der Waals surface area contributed by atoms with Crippen molar-refractivity contribution >= 4 is 5.95 Å². The van der Waals surface area contributed by atoms with Gasteiger partial charge >= 0.3 is 0 Å². The van der Waals surface area contributed by atoms with Crippen molar-refractivity contribution in [1.29, 1.82) is 0 Å². The second kappa shape index (κ2) is 4.80. The molecule has 1 aromatic rings. The average Bonchev–Trinajstić information content (AvgIpc) is 2.40. The van der Waals surface area contributed by atoms with E-state index in [9.17, 15) is 4.39 Å². The van der Waals surface area contributed by atoms with E-state index in [1.807, 2.05) is 0 Å². The fourth-order valence-electron chi connectivity index (χ4n) is 3.23. The Morgan fingerprint density at radius 1 is 1.22 bits per heavy atom. The molecule has 3 heterocycles. The second-order valence-corrected chi connectivity index (χ2v) is 5.51. The van der Waals surface area contributed by atoms with Crippen molar-refractivity contribution in [3.8, 4) is 0 Å². The lowest BCUT2D eigenvalue weighted by molar-refractivity contribution is 0.172. The Morgan fingerprint density at radius 2 is 2.00 bits per heavy atom. The van der Waals surface area contributed by atoms with Gasteiger partial charge in [-0.15, -0.1) is 0 Å². The maximum absolute atomic E-state index is 12.8. The summed E-state index contributed by atoms with van der Waals surface area (Å²) in [6, 6.07) is 0. The quantitative estimate of drug-likeness (QED) is 0.821. The first-order chi connectivity index (χ1) is 8.77. The van der Waals surface area contributed by atoms with Crippen LogP contribution in [0.3, 0.4) is 0 Å². The molecular weight excluding hydrogens is 231 g/mol. The maximum atomic E-state index is 12.8. The number of hydrogen-bond donors (Lipinski definition) is 1. The van der Waals surface area contributed by atoms with Crippen molar-refractivity contribution in [2.45, 2.75) is 25.7 Å². The predicted octanol–water partition coefficient (Wildman–Crippen LogP) is 1.59. The lowest BCUT2D eigenvalue weighted by atomic mass is 9.74. The van der Waals surface area contributed by atoms with Crippen molar-refractivity contribution < 1.29 is 4.39 Å². The minimum absolute atomic E-state index is 0.369. The molecule has 2 fully saturated rings. The van der Waals surface area contributed by atoms with Gasteiger partial charge in [-0.05, 0) is 32.2 Å². The normalized spacial score (nSPS) is 28.6. The summed E-state index contributed by atoms with van der Waals surface area (Å²) in [6.07, 6.45) is 7.47. The first-order valence-electron chi connectivity index (χ1n) is 6.71. The number of rotatable bonds is 1. The van der Waals surface area contributed by atoms with E-state index in [4.69, 9.17) is 0 Å². The minimum atomic E-state index is -0.371. The number of aromatic nitrogens is 2. The van der Waals surface area contributed by atoms with E-state index in [0.717, 1.165) is 26.2 Å². The van der Waals surface area contributed by atoms with E-state index in [-0.39, 0.29) is 5.82 Å². The summed E-state index contributed by atoms with van der Waals surface area (Å²) in [7, 11) is 0. The van der Waals surface area contributed by atoms with Crippen LogP contribution in [0.25, 0.3) is 0 Å². The van der Waals surface area contributed by atoms with Crippen LogP contribution >= 0.6 is 0 Å². The van der Waals surface area contributed by atoms with Crippen LogP contribution < -0.4 is 10.2 Å². The van der Waals surface area contributed by atoms with Gasteiger partial charge in [0.05, 0.1) is 12.4 Å². The van der Waals surface area contributed by atoms with Gasteiger partial charge in [-0.1, -0.05) is 0 Å². The molecule has 0 amide bonds. The van der Waals surface area contributed by atoms with Gasteiger partial charge in [0.25, 0.3) is 0 Å². The van der Waals surface area contributed by atoms with Crippen LogP contribution in [0.1, 0.15) is 25.7 Å². The predicted molar refractivity (Wildman–Crippen MR) is 68.0 cm³/mol. The van der Waals surface area contributed by atoms with Crippen LogP contribution in [0.5, 0.6) is 0 Å². The number of nitrogens with one attached hydrogen (secondary N) is 1. The molecule has 1 aromatic heterocycles. The smallest absolute Gasteiger partial charge is 0.225 e. The molecule has 0 aromatic carbocycles. The lowest BCUT2D eigenvalue weighted by Gasteiger charge is -2.45. The molecule has 2 aliphatic heterocycles. The van der Waals surface area contributed by atoms with Crippen LogP contribution in [0, 0.1) is 11.2 Å². The molecule has 2 saturated heterocycles. The molecule has 98 valence electrons.